The number of carbonyl (C=O) groups excluding carboxylic acids is 1. The Hall–Kier alpha value is -1.40. The van der Waals surface area contributed by atoms with Crippen molar-refractivity contribution in [2.45, 2.75) is 57.5 Å². The van der Waals surface area contributed by atoms with Crippen molar-refractivity contribution in [3.8, 4) is 0 Å². The summed E-state index contributed by atoms with van der Waals surface area (Å²) in [7, 11) is 0. The van der Waals surface area contributed by atoms with Crippen molar-refractivity contribution in [2.24, 2.45) is 0 Å². The standard InChI is InChI=1S/C17H24N2O3S/c1-2-19(9-16(20)21)12-7-11(8-12)18-17(22)14-10-23-15-6-4-3-5-13(14)15/h10-12H,2-9H2,1H3,(H,18,22)(H,20,21). The lowest BCUT2D eigenvalue weighted by Gasteiger charge is -2.42. The number of hydrogen-bond donors (Lipinski definition) is 2. The summed E-state index contributed by atoms with van der Waals surface area (Å²) in [5.74, 6) is -0.738. The Kier molecular flexibility index (Phi) is 5.02. The molecule has 0 atom stereocenters. The summed E-state index contributed by atoms with van der Waals surface area (Å²) in [5.41, 5.74) is 2.13. The van der Waals surface area contributed by atoms with Crippen LogP contribution in [0.1, 0.15) is 53.4 Å². The maximum Gasteiger partial charge on any atom is 0.317 e. The summed E-state index contributed by atoms with van der Waals surface area (Å²) in [5, 5.41) is 14.1. The van der Waals surface area contributed by atoms with Crippen LogP contribution in [0.3, 0.4) is 0 Å². The van der Waals surface area contributed by atoms with E-state index in [0.29, 0.717) is 0 Å². The van der Waals surface area contributed by atoms with Gasteiger partial charge in [-0.15, -0.1) is 11.3 Å². The molecule has 23 heavy (non-hydrogen) atoms. The predicted octanol–water partition coefficient (Wildman–Crippen LogP) is 2.29. The number of likely N-dealkylation sites (N-methyl/N-ethyl adjacent to an activating group) is 1. The first-order chi connectivity index (χ1) is 11.1. The smallest absolute Gasteiger partial charge is 0.317 e. The molecule has 1 saturated carbocycles. The second-order valence-electron chi connectivity index (χ2n) is 6.51. The Morgan fingerprint density at radius 3 is 2.78 bits per heavy atom. The largest absolute Gasteiger partial charge is 0.480 e. The second kappa shape index (κ2) is 7.01. The molecule has 3 rings (SSSR count). The molecule has 1 aromatic rings. The van der Waals surface area contributed by atoms with E-state index in [1.807, 2.05) is 17.2 Å². The molecule has 2 N–H and O–H groups in total. The molecule has 1 aromatic heterocycles. The van der Waals surface area contributed by atoms with E-state index in [1.165, 1.54) is 23.3 Å². The first-order valence-electron chi connectivity index (χ1n) is 8.44. The Morgan fingerprint density at radius 1 is 1.35 bits per heavy atom. The van der Waals surface area contributed by atoms with Gasteiger partial charge in [0.05, 0.1) is 12.1 Å². The zero-order chi connectivity index (χ0) is 16.4. The molecule has 0 saturated heterocycles. The number of hydrogen-bond acceptors (Lipinski definition) is 4. The normalized spacial score (nSPS) is 23.2. The van der Waals surface area contributed by atoms with E-state index in [-0.39, 0.29) is 24.5 Å². The number of aryl methyl sites for hydroxylation is 1. The molecule has 6 heteroatoms. The number of aliphatic carboxylic acids is 1. The Morgan fingerprint density at radius 2 is 2.09 bits per heavy atom. The summed E-state index contributed by atoms with van der Waals surface area (Å²) in [6, 6.07) is 0.451. The zero-order valence-corrected chi connectivity index (χ0v) is 14.3. The molecule has 1 heterocycles. The molecule has 5 nitrogen and oxygen atoms in total. The van der Waals surface area contributed by atoms with Gasteiger partial charge >= 0.3 is 5.97 Å². The minimum absolute atomic E-state index is 0.0501. The monoisotopic (exact) mass is 336 g/mol. The summed E-state index contributed by atoms with van der Waals surface area (Å²) in [6.07, 6.45) is 6.24. The number of fused-ring (bicyclic) bond motifs is 1. The van der Waals surface area contributed by atoms with Crippen LogP contribution in [0, 0.1) is 0 Å². The van der Waals surface area contributed by atoms with Crippen molar-refractivity contribution in [3.63, 3.8) is 0 Å². The number of nitrogens with one attached hydrogen (secondary N) is 1. The highest BCUT2D eigenvalue weighted by atomic mass is 32.1. The Labute approximate surface area is 140 Å². The van der Waals surface area contributed by atoms with Crippen molar-refractivity contribution in [1.29, 1.82) is 0 Å². The fourth-order valence-electron chi connectivity index (χ4n) is 3.62. The van der Waals surface area contributed by atoms with Crippen LogP contribution in [0.2, 0.25) is 0 Å². The van der Waals surface area contributed by atoms with Crippen molar-refractivity contribution in [1.82, 2.24) is 10.2 Å². The average Bonchev–Trinajstić information content (AvgIpc) is 2.92. The molecular formula is C17H24N2O3S. The van der Waals surface area contributed by atoms with Crippen LogP contribution in [0.4, 0.5) is 0 Å². The Bertz CT molecular complexity index is 593. The number of thiophene rings is 1. The lowest BCUT2D eigenvalue weighted by atomic mass is 9.85. The average molecular weight is 336 g/mol. The van der Waals surface area contributed by atoms with Gasteiger partial charge in [-0.2, -0.15) is 0 Å². The number of carbonyl (C=O) groups is 2. The quantitative estimate of drug-likeness (QED) is 0.836. The van der Waals surface area contributed by atoms with Gasteiger partial charge < -0.3 is 10.4 Å². The molecule has 126 valence electrons. The van der Waals surface area contributed by atoms with Crippen molar-refractivity contribution >= 4 is 23.2 Å². The Balaban J connectivity index is 1.53. The third kappa shape index (κ3) is 3.58. The van der Waals surface area contributed by atoms with Crippen LogP contribution in [0.25, 0.3) is 0 Å². The first kappa shape index (κ1) is 16.5. The minimum Gasteiger partial charge on any atom is -0.480 e. The minimum atomic E-state index is -0.788. The molecule has 0 radical (unpaired) electrons. The number of amides is 1. The maximum absolute atomic E-state index is 12.5. The topological polar surface area (TPSA) is 69.6 Å². The summed E-state index contributed by atoms with van der Waals surface area (Å²) in [6.45, 7) is 2.79. The molecule has 0 aromatic carbocycles. The van der Waals surface area contributed by atoms with E-state index in [0.717, 1.165) is 37.8 Å². The molecule has 0 bridgehead atoms. The molecule has 0 unspecified atom stereocenters. The van der Waals surface area contributed by atoms with Gasteiger partial charge in [0.2, 0.25) is 0 Å². The summed E-state index contributed by atoms with van der Waals surface area (Å²) < 4.78 is 0. The lowest BCUT2D eigenvalue weighted by molar-refractivity contribution is -0.139. The molecule has 1 amide bonds. The molecule has 1 fully saturated rings. The maximum atomic E-state index is 12.5. The van der Waals surface area contributed by atoms with Crippen LogP contribution < -0.4 is 5.32 Å². The molecule has 2 aliphatic carbocycles. The molecular weight excluding hydrogens is 312 g/mol. The van der Waals surface area contributed by atoms with Gasteiger partial charge in [0.15, 0.2) is 0 Å². The lowest BCUT2D eigenvalue weighted by Crippen LogP contribution is -2.54. The van der Waals surface area contributed by atoms with Gasteiger partial charge in [-0.05, 0) is 50.6 Å². The third-order valence-electron chi connectivity index (χ3n) is 5.02. The summed E-state index contributed by atoms with van der Waals surface area (Å²) >= 11 is 1.71. The van der Waals surface area contributed by atoms with Gasteiger partial charge in [0, 0.05) is 22.3 Å². The number of carboxylic acid groups (broad SMARTS) is 1. The van der Waals surface area contributed by atoms with Gasteiger partial charge in [-0.3, -0.25) is 14.5 Å². The van der Waals surface area contributed by atoms with Crippen molar-refractivity contribution in [2.75, 3.05) is 13.1 Å². The third-order valence-corrected chi connectivity index (χ3v) is 6.10. The van der Waals surface area contributed by atoms with E-state index in [4.69, 9.17) is 5.11 Å². The summed E-state index contributed by atoms with van der Waals surface area (Å²) in [4.78, 5) is 26.7. The van der Waals surface area contributed by atoms with Gasteiger partial charge in [-0.25, -0.2) is 0 Å². The van der Waals surface area contributed by atoms with Crippen LogP contribution in [0.5, 0.6) is 0 Å². The molecule has 0 spiro atoms. The van der Waals surface area contributed by atoms with E-state index in [2.05, 4.69) is 5.32 Å². The fraction of sp³-hybridized carbons (Fsp3) is 0.647. The fourth-order valence-corrected chi connectivity index (χ4v) is 4.75. The van der Waals surface area contributed by atoms with Gasteiger partial charge in [-0.1, -0.05) is 6.92 Å². The van der Waals surface area contributed by atoms with Crippen LogP contribution in [0.15, 0.2) is 5.38 Å². The predicted molar refractivity (Wildman–Crippen MR) is 90.1 cm³/mol. The van der Waals surface area contributed by atoms with Crippen molar-refractivity contribution < 1.29 is 14.7 Å². The number of nitrogens with zero attached hydrogens (tertiary/aromatic N) is 1. The second-order valence-corrected chi connectivity index (χ2v) is 7.47. The zero-order valence-electron chi connectivity index (χ0n) is 13.5. The highest BCUT2D eigenvalue weighted by molar-refractivity contribution is 7.10. The van der Waals surface area contributed by atoms with E-state index >= 15 is 0 Å². The molecule has 2 aliphatic rings. The van der Waals surface area contributed by atoms with Gasteiger partial charge in [0.1, 0.15) is 0 Å². The highest BCUT2D eigenvalue weighted by Crippen LogP contribution is 2.31. The van der Waals surface area contributed by atoms with Crippen LogP contribution in [-0.2, 0) is 17.6 Å². The van der Waals surface area contributed by atoms with E-state index in [1.54, 1.807) is 11.3 Å². The van der Waals surface area contributed by atoms with Gasteiger partial charge in [0.25, 0.3) is 5.91 Å². The number of rotatable bonds is 6. The SMILES string of the molecule is CCN(CC(=O)O)C1CC(NC(=O)c2csc3c2CCCC3)C1. The van der Waals surface area contributed by atoms with E-state index < -0.39 is 5.97 Å². The van der Waals surface area contributed by atoms with Crippen LogP contribution in [-0.4, -0.2) is 47.1 Å². The van der Waals surface area contributed by atoms with Crippen LogP contribution >= 0.6 is 11.3 Å². The number of carboxylic acids is 1. The first-order valence-corrected chi connectivity index (χ1v) is 9.32. The van der Waals surface area contributed by atoms with Crippen molar-refractivity contribution in [3.05, 3.63) is 21.4 Å². The highest BCUT2D eigenvalue weighted by Gasteiger charge is 2.35. The molecule has 0 aliphatic heterocycles. The van der Waals surface area contributed by atoms with E-state index in [9.17, 15) is 9.59 Å².